The molecule has 1 aliphatic rings. The van der Waals surface area contributed by atoms with Crippen LogP contribution in [0, 0.1) is 0 Å². The highest BCUT2D eigenvalue weighted by molar-refractivity contribution is 5.85. The van der Waals surface area contributed by atoms with E-state index < -0.39 is 17.4 Å². The third-order valence-corrected chi connectivity index (χ3v) is 6.42. The molecule has 0 unspecified atom stereocenters. The summed E-state index contributed by atoms with van der Waals surface area (Å²) in [6.45, 7) is 4.57. The molecule has 8 nitrogen and oxygen atoms in total. The van der Waals surface area contributed by atoms with Crippen LogP contribution in [0.3, 0.4) is 0 Å². The summed E-state index contributed by atoms with van der Waals surface area (Å²) < 4.78 is 51.0. The van der Waals surface area contributed by atoms with Crippen molar-refractivity contribution in [2.24, 2.45) is 0 Å². The molecule has 180 valence electrons. The number of aromatic nitrogens is 5. The number of fused-ring (bicyclic) bond motifs is 2. The molecule has 1 N–H and O–H groups in total. The molecule has 0 bridgehead atoms. The van der Waals surface area contributed by atoms with Crippen LogP contribution >= 0.6 is 0 Å². The molecule has 0 saturated carbocycles. The van der Waals surface area contributed by atoms with Crippen molar-refractivity contribution in [3.05, 3.63) is 46.8 Å². The van der Waals surface area contributed by atoms with E-state index in [1.165, 1.54) is 40.8 Å². The first kappa shape index (κ1) is 22.5. The summed E-state index contributed by atoms with van der Waals surface area (Å²) in [4.78, 5) is 22.0. The van der Waals surface area contributed by atoms with E-state index in [1.54, 1.807) is 0 Å². The van der Waals surface area contributed by atoms with E-state index in [9.17, 15) is 18.0 Å². The van der Waals surface area contributed by atoms with Crippen LogP contribution in [0.2, 0.25) is 0 Å². The van der Waals surface area contributed by atoms with Crippen molar-refractivity contribution in [1.82, 2.24) is 29.0 Å². The fourth-order valence-corrected chi connectivity index (χ4v) is 4.96. The summed E-state index contributed by atoms with van der Waals surface area (Å²) in [6, 6.07) is 3.79. The molecule has 1 aromatic carbocycles. The van der Waals surface area contributed by atoms with Gasteiger partial charge in [0.15, 0.2) is 11.4 Å². The summed E-state index contributed by atoms with van der Waals surface area (Å²) in [5.41, 5.74) is -0.0147. The molecule has 1 saturated heterocycles. The molecule has 11 heteroatoms. The zero-order valence-electron chi connectivity index (χ0n) is 18.9. The van der Waals surface area contributed by atoms with E-state index in [-0.39, 0.29) is 22.7 Å². The average molecular weight is 474 g/mol. The van der Waals surface area contributed by atoms with Crippen molar-refractivity contribution in [3.63, 3.8) is 0 Å². The number of piperidine rings is 1. The molecule has 0 spiro atoms. The minimum Gasteiger partial charge on any atom is -0.493 e. The van der Waals surface area contributed by atoms with Gasteiger partial charge in [-0.2, -0.15) is 18.3 Å². The molecule has 1 fully saturated rings. The van der Waals surface area contributed by atoms with E-state index in [4.69, 9.17) is 4.74 Å². The Balaban J connectivity index is 1.69. The van der Waals surface area contributed by atoms with Gasteiger partial charge >= 0.3 is 11.9 Å². The van der Waals surface area contributed by atoms with Crippen LogP contribution in [0.15, 0.2) is 35.5 Å². The summed E-state index contributed by atoms with van der Waals surface area (Å²) in [5.74, 6) is 0.299. The topological polar surface area (TPSA) is 80.5 Å². The highest BCUT2D eigenvalue weighted by Gasteiger charge is 2.36. The number of ether oxygens (including phenoxy) is 1. The minimum absolute atomic E-state index is 0.0691. The molecule has 1 atom stereocenters. The number of aromatic amines is 1. The van der Waals surface area contributed by atoms with Crippen molar-refractivity contribution < 1.29 is 17.9 Å². The monoisotopic (exact) mass is 474 g/mol. The normalized spacial score (nSPS) is 17.6. The molecule has 0 radical (unpaired) electrons. The first-order valence-corrected chi connectivity index (χ1v) is 11.3. The number of nitrogens with one attached hydrogen (secondary N) is 1. The standard InChI is InChI=1S/C23H25F3N6O2/c1-3-6-30-7-4-5-15(12-30)32-19-10-17(23(24,25)26)16(9-18(19)29-22(32)33)14-8-20(34-2)21-27-13-28-31(21)11-14/h8-11,13,15H,3-7,12H2,1-2H3,(H,29,33)/t15-/m1/s1. The van der Waals surface area contributed by atoms with Gasteiger partial charge in [-0.15, -0.1) is 0 Å². The Hall–Kier alpha value is -3.34. The fourth-order valence-electron chi connectivity index (χ4n) is 4.96. The Bertz CT molecular complexity index is 1400. The van der Waals surface area contributed by atoms with Gasteiger partial charge < -0.3 is 14.6 Å². The molecule has 0 aliphatic carbocycles. The maximum Gasteiger partial charge on any atom is 0.417 e. The molecule has 5 rings (SSSR count). The van der Waals surface area contributed by atoms with Gasteiger partial charge in [0.1, 0.15) is 6.33 Å². The SMILES string of the molecule is CCCN1CCC[C@@H](n2c(=O)[nH]c3cc(-c4cc(OC)c5ncnn5c4)c(C(F)(F)F)cc32)C1. The number of rotatable bonds is 5. The molecule has 4 aromatic rings. The van der Waals surface area contributed by atoms with Gasteiger partial charge in [-0.05, 0) is 56.1 Å². The highest BCUT2D eigenvalue weighted by atomic mass is 19.4. The summed E-state index contributed by atoms with van der Waals surface area (Å²) in [5, 5.41) is 4.05. The van der Waals surface area contributed by atoms with Gasteiger partial charge in [0.2, 0.25) is 0 Å². The lowest BCUT2D eigenvalue weighted by Crippen LogP contribution is -2.39. The van der Waals surface area contributed by atoms with E-state index >= 15 is 0 Å². The molecular formula is C23H25F3N6O2. The molecule has 1 aliphatic heterocycles. The van der Waals surface area contributed by atoms with E-state index in [1.807, 2.05) is 0 Å². The number of alkyl halides is 3. The number of likely N-dealkylation sites (tertiary alicyclic amines) is 1. The Morgan fingerprint density at radius 3 is 2.82 bits per heavy atom. The van der Waals surface area contributed by atoms with Crippen LogP contribution in [-0.2, 0) is 6.18 Å². The number of nitrogens with zero attached hydrogens (tertiary/aromatic N) is 5. The van der Waals surface area contributed by atoms with Gasteiger partial charge in [-0.1, -0.05) is 6.92 Å². The van der Waals surface area contributed by atoms with E-state index in [0.717, 1.165) is 38.4 Å². The number of hydrogen-bond acceptors (Lipinski definition) is 5. The van der Waals surface area contributed by atoms with Gasteiger partial charge in [0.05, 0.1) is 29.7 Å². The van der Waals surface area contributed by atoms with Crippen LogP contribution in [0.4, 0.5) is 13.2 Å². The lowest BCUT2D eigenvalue weighted by molar-refractivity contribution is -0.137. The van der Waals surface area contributed by atoms with Crippen LogP contribution in [0.5, 0.6) is 5.75 Å². The first-order valence-electron chi connectivity index (χ1n) is 11.3. The molecule has 3 aromatic heterocycles. The zero-order valence-corrected chi connectivity index (χ0v) is 18.9. The lowest BCUT2D eigenvalue weighted by Gasteiger charge is -2.33. The molecule has 34 heavy (non-hydrogen) atoms. The van der Waals surface area contributed by atoms with Gasteiger partial charge in [-0.25, -0.2) is 14.3 Å². The van der Waals surface area contributed by atoms with Crippen molar-refractivity contribution in [2.75, 3.05) is 26.7 Å². The van der Waals surface area contributed by atoms with Gasteiger partial charge in [0, 0.05) is 18.3 Å². The zero-order chi connectivity index (χ0) is 24.0. The number of pyridine rings is 1. The molecular weight excluding hydrogens is 449 g/mol. The van der Waals surface area contributed by atoms with Crippen LogP contribution < -0.4 is 10.4 Å². The predicted molar refractivity (Wildman–Crippen MR) is 121 cm³/mol. The van der Waals surface area contributed by atoms with Crippen LogP contribution in [0.1, 0.15) is 37.8 Å². The third-order valence-electron chi connectivity index (χ3n) is 6.42. The Morgan fingerprint density at radius 2 is 2.09 bits per heavy atom. The third kappa shape index (κ3) is 3.83. The van der Waals surface area contributed by atoms with Crippen molar-refractivity contribution >= 4 is 16.7 Å². The average Bonchev–Trinajstić information content (AvgIpc) is 3.40. The van der Waals surface area contributed by atoms with E-state index in [2.05, 4.69) is 26.9 Å². The number of benzene rings is 1. The van der Waals surface area contributed by atoms with Gasteiger partial charge in [-0.3, -0.25) is 4.57 Å². The molecule has 4 heterocycles. The smallest absolute Gasteiger partial charge is 0.417 e. The van der Waals surface area contributed by atoms with Crippen LogP contribution in [-0.4, -0.2) is 55.8 Å². The number of H-pyrrole nitrogens is 1. The fraction of sp³-hybridized carbons (Fsp3) is 0.435. The second kappa shape index (κ2) is 8.46. The first-order chi connectivity index (χ1) is 16.3. The maximum absolute atomic E-state index is 14.3. The minimum atomic E-state index is -4.63. The quantitative estimate of drug-likeness (QED) is 0.471. The summed E-state index contributed by atoms with van der Waals surface area (Å²) in [7, 11) is 1.42. The van der Waals surface area contributed by atoms with Crippen molar-refractivity contribution in [3.8, 4) is 16.9 Å². The maximum atomic E-state index is 14.3. The number of halogens is 3. The summed E-state index contributed by atoms with van der Waals surface area (Å²) in [6.07, 6.45) is 0.769. The largest absolute Gasteiger partial charge is 0.493 e. The number of imidazole rings is 1. The Morgan fingerprint density at radius 1 is 1.26 bits per heavy atom. The Labute approximate surface area is 193 Å². The highest BCUT2D eigenvalue weighted by Crippen LogP contribution is 2.40. The number of methoxy groups -OCH3 is 1. The second-order valence-corrected chi connectivity index (χ2v) is 8.63. The second-order valence-electron chi connectivity index (χ2n) is 8.63. The van der Waals surface area contributed by atoms with Crippen molar-refractivity contribution in [1.29, 1.82) is 0 Å². The lowest BCUT2D eigenvalue weighted by atomic mass is 9.98. The molecule has 0 amide bonds. The predicted octanol–water partition coefficient (Wildman–Crippen LogP) is 4.11. The van der Waals surface area contributed by atoms with E-state index in [0.29, 0.717) is 23.5 Å². The van der Waals surface area contributed by atoms with Crippen LogP contribution in [0.25, 0.3) is 27.8 Å². The van der Waals surface area contributed by atoms with Gasteiger partial charge in [0.25, 0.3) is 0 Å². The van der Waals surface area contributed by atoms with Crippen molar-refractivity contribution in [2.45, 2.75) is 38.4 Å². The Kier molecular flexibility index (Phi) is 5.59. The summed E-state index contributed by atoms with van der Waals surface area (Å²) >= 11 is 0. The number of hydrogen-bond donors (Lipinski definition) is 1.